The lowest BCUT2D eigenvalue weighted by Gasteiger charge is -2.34. The quantitative estimate of drug-likeness (QED) is 0.0878. The lowest BCUT2D eigenvalue weighted by atomic mass is 9.91. The van der Waals surface area contributed by atoms with Gasteiger partial charge in [-0.15, -0.1) is 0 Å². The molecule has 0 aliphatic heterocycles. The number of nitrogens with one attached hydrogen (secondary N) is 4. The van der Waals surface area contributed by atoms with E-state index in [2.05, 4.69) is 21.3 Å². The van der Waals surface area contributed by atoms with Crippen molar-refractivity contribution < 1.29 is 33.8 Å². The third kappa shape index (κ3) is 13.4. The van der Waals surface area contributed by atoms with Gasteiger partial charge in [0.1, 0.15) is 25.3 Å². The van der Waals surface area contributed by atoms with Gasteiger partial charge in [-0.3, -0.25) is 9.59 Å². The minimum atomic E-state index is -1.31. The molecule has 0 bridgehead atoms. The second-order valence-electron chi connectivity index (χ2n) is 14.0. The van der Waals surface area contributed by atoms with Crippen molar-refractivity contribution in [3.63, 3.8) is 0 Å². The molecule has 4 aromatic rings. The maximum atomic E-state index is 13.9. The van der Waals surface area contributed by atoms with E-state index in [0.717, 1.165) is 22.3 Å². The van der Waals surface area contributed by atoms with Gasteiger partial charge in [-0.2, -0.15) is 0 Å². The molecule has 0 aliphatic rings. The first-order valence-corrected chi connectivity index (χ1v) is 18.3. The summed E-state index contributed by atoms with van der Waals surface area (Å²) in [5.41, 5.74) is 3.28. The highest BCUT2D eigenvalue weighted by atomic mass is 16.6. The van der Waals surface area contributed by atoms with Crippen molar-refractivity contribution >= 4 is 24.0 Å². The highest BCUT2D eigenvalue weighted by Gasteiger charge is 2.35. The summed E-state index contributed by atoms with van der Waals surface area (Å²) in [7, 11) is 0. The van der Waals surface area contributed by atoms with Crippen LogP contribution in [0.1, 0.15) is 49.9 Å². The number of amides is 4. The molecule has 4 amide bonds. The molecule has 286 valence electrons. The fraction of sp³-hybridized carbons (Fsp3) is 0.349. The molecular formula is C43H52N4O7. The van der Waals surface area contributed by atoms with Crippen LogP contribution >= 0.6 is 0 Å². The second-order valence-corrected chi connectivity index (χ2v) is 14.0. The monoisotopic (exact) mass is 736 g/mol. The predicted octanol–water partition coefficient (Wildman–Crippen LogP) is 5.70. The first kappa shape index (κ1) is 41.1. The summed E-state index contributed by atoms with van der Waals surface area (Å²) in [5, 5.41) is 23.5. The molecule has 11 heteroatoms. The molecule has 0 saturated heterocycles. The largest absolute Gasteiger partial charge is 0.445 e. The number of aliphatic hydroxyl groups excluding tert-OH is 1. The number of hydrogen-bond acceptors (Lipinski definition) is 7. The Balaban J connectivity index is 1.54. The van der Waals surface area contributed by atoms with Gasteiger partial charge < -0.3 is 35.8 Å². The summed E-state index contributed by atoms with van der Waals surface area (Å²) in [6.45, 7) is 7.26. The fourth-order valence-electron chi connectivity index (χ4n) is 5.93. The van der Waals surface area contributed by atoms with Crippen LogP contribution in [0.4, 0.5) is 9.59 Å². The van der Waals surface area contributed by atoms with Crippen LogP contribution in [-0.2, 0) is 45.1 Å². The molecule has 0 heterocycles. The van der Waals surface area contributed by atoms with Gasteiger partial charge in [0.2, 0.25) is 11.8 Å². The van der Waals surface area contributed by atoms with E-state index >= 15 is 0 Å². The summed E-state index contributed by atoms with van der Waals surface area (Å²) in [5.74, 6) is -1.70. The Bertz CT molecular complexity index is 1610. The van der Waals surface area contributed by atoms with Crippen molar-refractivity contribution in [3.05, 3.63) is 144 Å². The van der Waals surface area contributed by atoms with E-state index in [1.165, 1.54) is 0 Å². The van der Waals surface area contributed by atoms with Crippen LogP contribution in [0.5, 0.6) is 0 Å². The number of aliphatic hydroxyl groups is 1. The van der Waals surface area contributed by atoms with Crippen molar-refractivity contribution in [2.75, 3.05) is 0 Å². The fourth-order valence-corrected chi connectivity index (χ4v) is 5.93. The van der Waals surface area contributed by atoms with E-state index in [1.54, 1.807) is 27.7 Å². The van der Waals surface area contributed by atoms with Gasteiger partial charge in [-0.05, 0) is 46.9 Å². The number of carbonyl (C=O) groups excluding carboxylic acids is 4. The van der Waals surface area contributed by atoms with Crippen LogP contribution in [0.25, 0.3) is 0 Å². The van der Waals surface area contributed by atoms with Crippen LogP contribution in [0.2, 0.25) is 0 Å². The predicted molar refractivity (Wildman–Crippen MR) is 207 cm³/mol. The summed E-state index contributed by atoms with van der Waals surface area (Å²) >= 11 is 0. The minimum absolute atomic E-state index is 0.0340. The van der Waals surface area contributed by atoms with Crippen molar-refractivity contribution in [3.8, 4) is 0 Å². The third-order valence-corrected chi connectivity index (χ3v) is 8.95. The van der Waals surface area contributed by atoms with Crippen LogP contribution in [0, 0.1) is 11.8 Å². The maximum Gasteiger partial charge on any atom is 0.408 e. The molecule has 0 spiro atoms. The van der Waals surface area contributed by atoms with Gasteiger partial charge in [0, 0.05) is 0 Å². The maximum absolute atomic E-state index is 13.9. The second kappa shape index (κ2) is 21.1. The number of ether oxygens (including phenoxy) is 2. The SMILES string of the molecule is CC(C)[C@H](NC(=O)OCc1ccccc1)C(=O)N[C@@H](Cc1ccccc1)C(O)[C@H](Cc1ccccc1)NC(=O)[C@@H](NC(=O)OCc1ccccc1)C(C)C. The van der Waals surface area contributed by atoms with E-state index in [9.17, 15) is 24.3 Å². The lowest BCUT2D eigenvalue weighted by Crippen LogP contribution is -2.61. The molecule has 11 nitrogen and oxygen atoms in total. The molecule has 5 N–H and O–H groups in total. The smallest absolute Gasteiger partial charge is 0.408 e. The van der Waals surface area contributed by atoms with Gasteiger partial charge in [-0.25, -0.2) is 9.59 Å². The third-order valence-electron chi connectivity index (χ3n) is 8.95. The molecule has 4 rings (SSSR count). The molecule has 0 aromatic heterocycles. The summed E-state index contributed by atoms with van der Waals surface area (Å²) in [6.07, 6.45) is -2.38. The Morgan fingerprint density at radius 2 is 0.778 bits per heavy atom. The molecule has 0 fully saturated rings. The topological polar surface area (TPSA) is 155 Å². The van der Waals surface area contributed by atoms with Gasteiger partial charge in [0.05, 0.1) is 18.2 Å². The number of alkyl carbamates (subject to hydrolysis) is 2. The van der Waals surface area contributed by atoms with E-state index in [4.69, 9.17) is 9.47 Å². The molecule has 54 heavy (non-hydrogen) atoms. The molecule has 4 aromatic carbocycles. The van der Waals surface area contributed by atoms with Crippen molar-refractivity contribution in [2.45, 2.75) is 84.0 Å². The summed E-state index contributed by atoms with van der Waals surface area (Å²) in [4.78, 5) is 53.6. The van der Waals surface area contributed by atoms with Crippen molar-refractivity contribution in [2.24, 2.45) is 11.8 Å². The molecule has 0 saturated carbocycles. The standard InChI is InChI=1S/C43H52N4O7/c1-29(2)37(46-42(51)53-27-33-21-13-7-14-22-33)40(49)44-35(25-31-17-9-5-10-18-31)39(48)36(26-32-19-11-6-12-20-32)45-41(50)38(30(3)4)47-43(52)54-28-34-23-15-8-16-24-34/h5-24,29-30,35-39,48H,25-28H2,1-4H3,(H,44,49)(H,45,50)(H,46,51)(H,47,52)/t35-,36-,37-,38-/m0/s1. The number of benzene rings is 4. The zero-order valence-corrected chi connectivity index (χ0v) is 31.3. The number of hydrogen-bond donors (Lipinski definition) is 5. The highest BCUT2D eigenvalue weighted by molar-refractivity contribution is 5.87. The number of rotatable bonds is 18. The van der Waals surface area contributed by atoms with Crippen LogP contribution < -0.4 is 21.3 Å². The first-order chi connectivity index (χ1) is 26.0. The number of carbonyl (C=O) groups is 4. The van der Waals surface area contributed by atoms with E-state index in [1.807, 2.05) is 121 Å². The van der Waals surface area contributed by atoms with Gasteiger partial charge in [0.15, 0.2) is 0 Å². The van der Waals surface area contributed by atoms with Crippen molar-refractivity contribution in [1.82, 2.24) is 21.3 Å². The molecule has 0 aliphatic carbocycles. The highest BCUT2D eigenvalue weighted by Crippen LogP contribution is 2.16. The molecule has 4 atom stereocenters. The van der Waals surface area contributed by atoms with Crippen LogP contribution in [-0.4, -0.2) is 59.4 Å². The Labute approximate surface area is 317 Å². The first-order valence-electron chi connectivity index (χ1n) is 18.3. The van der Waals surface area contributed by atoms with Crippen LogP contribution in [0.15, 0.2) is 121 Å². The zero-order valence-electron chi connectivity index (χ0n) is 31.3. The van der Waals surface area contributed by atoms with Gasteiger partial charge in [-0.1, -0.05) is 149 Å². The van der Waals surface area contributed by atoms with Gasteiger partial charge in [0.25, 0.3) is 0 Å². The molecular weight excluding hydrogens is 684 g/mol. The molecule has 0 radical (unpaired) electrons. The Morgan fingerprint density at radius 1 is 0.481 bits per heavy atom. The average Bonchev–Trinajstić information content (AvgIpc) is 3.17. The average molecular weight is 737 g/mol. The Kier molecular flexibility index (Phi) is 16.1. The summed E-state index contributed by atoms with van der Waals surface area (Å²) < 4.78 is 10.8. The zero-order chi connectivity index (χ0) is 38.9. The van der Waals surface area contributed by atoms with Crippen LogP contribution in [0.3, 0.4) is 0 Å². The van der Waals surface area contributed by atoms with E-state index in [0.29, 0.717) is 0 Å². The Hall–Kier alpha value is -5.68. The van der Waals surface area contributed by atoms with Gasteiger partial charge >= 0.3 is 12.2 Å². The summed E-state index contributed by atoms with van der Waals surface area (Å²) in [6, 6.07) is 33.4. The molecule has 0 unspecified atom stereocenters. The minimum Gasteiger partial charge on any atom is -0.445 e. The Morgan fingerprint density at radius 3 is 1.07 bits per heavy atom. The van der Waals surface area contributed by atoms with E-state index < -0.39 is 54.3 Å². The lowest BCUT2D eigenvalue weighted by molar-refractivity contribution is -0.126. The van der Waals surface area contributed by atoms with E-state index in [-0.39, 0.29) is 37.9 Å². The normalized spacial score (nSPS) is 13.3. The van der Waals surface area contributed by atoms with Crippen molar-refractivity contribution in [1.29, 1.82) is 0 Å².